The zero-order valence-corrected chi connectivity index (χ0v) is 16.2. The van der Waals surface area contributed by atoms with Crippen molar-refractivity contribution < 1.29 is 9.59 Å². The number of thiophene rings is 1. The van der Waals surface area contributed by atoms with E-state index in [0.717, 1.165) is 22.3 Å². The smallest absolute Gasteiger partial charge is 0.274 e. The molecule has 1 aliphatic heterocycles. The van der Waals surface area contributed by atoms with E-state index in [9.17, 15) is 9.59 Å². The molecule has 0 N–H and O–H groups in total. The van der Waals surface area contributed by atoms with Gasteiger partial charge >= 0.3 is 0 Å². The summed E-state index contributed by atoms with van der Waals surface area (Å²) in [5.41, 5.74) is 2.13. The van der Waals surface area contributed by atoms with Gasteiger partial charge in [-0.05, 0) is 12.5 Å². The van der Waals surface area contributed by atoms with Crippen molar-refractivity contribution in [2.75, 3.05) is 27.2 Å². The second-order valence-corrected chi connectivity index (χ2v) is 7.87. The molecule has 1 aliphatic rings. The van der Waals surface area contributed by atoms with E-state index in [1.165, 1.54) is 11.3 Å². The number of hydrogen-bond acceptors (Lipinski definition) is 6. The van der Waals surface area contributed by atoms with Crippen LogP contribution in [0.2, 0.25) is 0 Å². The highest BCUT2D eigenvalue weighted by Crippen LogP contribution is 2.39. The fourth-order valence-electron chi connectivity index (χ4n) is 3.46. The van der Waals surface area contributed by atoms with Crippen molar-refractivity contribution in [3.8, 4) is 0 Å². The van der Waals surface area contributed by atoms with Crippen molar-refractivity contribution in [3.05, 3.63) is 40.8 Å². The quantitative estimate of drug-likeness (QED) is 0.687. The van der Waals surface area contributed by atoms with Crippen LogP contribution in [0.1, 0.15) is 38.1 Å². The van der Waals surface area contributed by atoms with Crippen molar-refractivity contribution in [1.29, 1.82) is 0 Å². The first-order valence-electron chi connectivity index (χ1n) is 8.69. The van der Waals surface area contributed by atoms with Crippen LogP contribution in [-0.2, 0) is 7.05 Å². The normalized spacial score (nSPS) is 16.9. The number of aromatic nitrogens is 4. The summed E-state index contributed by atoms with van der Waals surface area (Å²) in [6, 6.07) is 1.72. The van der Waals surface area contributed by atoms with Crippen LogP contribution in [0, 0.1) is 0 Å². The molecule has 3 aromatic heterocycles. The third kappa shape index (κ3) is 3.08. The first kappa shape index (κ1) is 17.6. The largest absolute Gasteiger partial charge is 0.344 e. The van der Waals surface area contributed by atoms with Gasteiger partial charge in [0.25, 0.3) is 11.8 Å². The number of nitrogens with zero attached hydrogens (tertiary/aromatic N) is 6. The lowest BCUT2D eigenvalue weighted by Gasteiger charge is -2.16. The number of likely N-dealkylation sites (tertiary alicyclic amines) is 1. The molecule has 0 radical (unpaired) electrons. The van der Waals surface area contributed by atoms with Crippen molar-refractivity contribution in [1.82, 2.24) is 29.5 Å². The number of hydrogen-bond donors (Lipinski definition) is 0. The van der Waals surface area contributed by atoms with E-state index in [2.05, 4.69) is 15.1 Å². The molecule has 2 amide bonds. The summed E-state index contributed by atoms with van der Waals surface area (Å²) < 4.78 is 1.62. The summed E-state index contributed by atoms with van der Waals surface area (Å²) >= 11 is 1.37. The second kappa shape index (κ2) is 6.73. The second-order valence-electron chi connectivity index (χ2n) is 6.87. The third-order valence-corrected chi connectivity index (χ3v) is 5.87. The Hall–Kier alpha value is -2.81. The molecule has 27 heavy (non-hydrogen) atoms. The summed E-state index contributed by atoms with van der Waals surface area (Å²) in [6.07, 6.45) is 5.83. The Balaban J connectivity index is 1.67. The van der Waals surface area contributed by atoms with Gasteiger partial charge in [-0.15, -0.1) is 11.3 Å². The zero-order chi connectivity index (χ0) is 19.1. The van der Waals surface area contributed by atoms with E-state index in [1.807, 2.05) is 0 Å². The number of fused-ring (bicyclic) bond motifs is 1. The molecule has 0 bridgehead atoms. The Kier molecular flexibility index (Phi) is 4.39. The van der Waals surface area contributed by atoms with Crippen molar-refractivity contribution in [2.24, 2.45) is 7.05 Å². The van der Waals surface area contributed by atoms with Crippen LogP contribution < -0.4 is 0 Å². The van der Waals surface area contributed by atoms with E-state index in [0.29, 0.717) is 23.7 Å². The lowest BCUT2D eigenvalue weighted by molar-refractivity contribution is 0.0784. The molecule has 0 aromatic carbocycles. The molecule has 3 aromatic rings. The van der Waals surface area contributed by atoms with Gasteiger partial charge < -0.3 is 9.80 Å². The van der Waals surface area contributed by atoms with Crippen molar-refractivity contribution >= 4 is 33.5 Å². The molecule has 1 unspecified atom stereocenters. The Bertz CT molecular complexity index is 1020. The standard InChI is InChI=1S/C18H20N6O2S/c1-22(2)18(26)15-13(14-16(27-15)20-7-6-19-14)11-4-9-24(10-11)17(25)12-5-8-23(3)21-12/h5-8,11H,4,9-10H2,1-3H3. The van der Waals surface area contributed by atoms with Crippen LogP contribution in [0.25, 0.3) is 10.3 Å². The Labute approximate surface area is 160 Å². The van der Waals surface area contributed by atoms with Gasteiger partial charge in [-0.2, -0.15) is 5.10 Å². The molecule has 1 saturated heterocycles. The minimum atomic E-state index is -0.0794. The summed E-state index contributed by atoms with van der Waals surface area (Å²) in [5.74, 6) is -0.0736. The van der Waals surface area contributed by atoms with Crippen LogP contribution in [0.4, 0.5) is 0 Å². The molecule has 0 saturated carbocycles. The Morgan fingerprint density at radius 2 is 2.04 bits per heavy atom. The average Bonchev–Trinajstić information content (AvgIpc) is 3.37. The van der Waals surface area contributed by atoms with Gasteiger partial charge in [0.15, 0.2) is 0 Å². The van der Waals surface area contributed by atoms with Crippen molar-refractivity contribution in [2.45, 2.75) is 12.3 Å². The summed E-state index contributed by atoms with van der Waals surface area (Å²) in [6.45, 7) is 1.18. The molecule has 1 atom stereocenters. The van der Waals surface area contributed by atoms with E-state index in [4.69, 9.17) is 0 Å². The molecule has 0 spiro atoms. The van der Waals surface area contributed by atoms with E-state index >= 15 is 0 Å². The first-order valence-corrected chi connectivity index (χ1v) is 9.51. The highest BCUT2D eigenvalue weighted by atomic mass is 32.1. The number of rotatable bonds is 3. The molecule has 0 aliphatic carbocycles. The van der Waals surface area contributed by atoms with E-state index < -0.39 is 0 Å². The SMILES string of the molecule is CN(C)C(=O)c1sc2nccnc2c1C1CCN(C(=O)c2ccn(C)n2)C1. The molecule has 4 heterocycles. The molecular weight excluding hydrogens is 364 g/mol. The number of carbonyl (C=O) groups excluding carboxylic acids is 2. The lowest BCUT2D eigenvalue weighted by Crippen LogP contribution is -2.29. The number of carbonyl (C=O) groups is 2. The Morgan fingerprint density at radius 1 is 1.26 bits per heavy atom. The molecule has 9 heteroatoms. The summed E-state index contributed by atoms with van der Waals surface area (Å²) in [7, 11) is 5.27. The molecule has 140 valence electrons. The maximum atomic E-state index is 12.7. The average molecular weight is 384 g/mol. The zero-order valence-electron chi connectivity index (χ0n) is 15.4. The van der Waals surface area contributed by atoms with E-state index in [1.54, 1.807) is 60.3 Å². The molecule has 8 nitrogen and oxygen atoms in total. The first-order chi connectivity index (χ1) is 13.0. The predicted molar refractivity (Wildman–Crippen MR) is 102 cm³/mol. The van der Waals surface area contributed by atoms with E-state index in [-0.39, 0.29) is 17.7 Å². The van der Waals surface area contributed by atoms with Crippen LogP contribution in [0.3, 0.4) is 0 Å². The topological polar surface area (TPSA) is 84.2 Å². The monoisotopic (exact) mass is 384 g/mol. The van der Waals surface area contributed by atoms with Crippen LogP contribution in [-0.4, -0.2) is 68.5 Å². The fourth-order valence-corrected chi connectivity index (χ4v) is 4.67. The summed E-state index contributed by atoms with van der Waals surface area (Å²) in [4.78, 5) is 39.1. The molecular formula is C18H20N6O2S. The van der Waals surface area contributed by atoms with Gasteiger partial charge in [-0.3, -0.25) is 19.3 Å². The van der Waals surface area contributed by atoms with Crippen LogP contribution in [0.15, 0.2) is 24.7 Å². The summed E-state index contributed by atoms with van der Waals surface area (Å²) in [5, 5.41) is 4.21. The third-order valence-electron chi connectivity index (χ3n) is 4.78. The fraction of sp³-hybridized carbons (Fsp3) is 0.389. The van der Waals surface area contributed by atoms with Gasteiger partial charge in [0.05, 0.1) is 4.88 Å². The highest BCUT2D eigenvalue weighted by molar-refractivity contribution is 7.20. The van der Waals surface area contributed by atoms with Gasteiger partial charge in [-0.1, -0.05) is 0 Å². The van der Waals surface area contributed by atoms with Gasteiger partial charge in [0.2, 0.25) is 0 Å². The maximum absolute atomic E-state index is 12.7. The Morgan fingerprint density at radius 3 is 2.74 bits per heavy atom. The van der Waals surface area contributed by atoms with Gasteiger partial charge in [0, 0.05) is 64.3 Å². The van der Waals surface area contributed by atoms with Gasteiger partial charge in [0.1, 0.15) is 16.0 Å². The number of aryl methyl sites for hydroxylation is 1. The highest BCUT2D eigenvalue weighted by Gasteiger charge is 2.34. The minimum Gasteiger partial charge on any atom is -0.344 e. The molecule has 1 fully saturated rings. The van der Waals surface area contributed by atoms with Crippen LogP contribution >= 0.6 is 11.3 Å². The van der Waals surface area contributed by atoms with Crippen molar-refractivity contribution in [3.63, 3.8) is 0 Å². The predicted octanol–water partition coefficient (Wildman–Crippen LogP) is 1.76. The van der Waals surface area contributed by atoms with Crippen LogP contribution in [0.5, 0.6) is 0 Å². The van der Waals surface area contributed by atoms with Gasteiger partial charge in [-0.25, -0.2) is 4.98 Å². The maximum Gasteiger partial charge on any atom is 0.274 e. The lowest BCUT2D eigenvalue weighted by atomic mass is 9.97. The number of amides is 2. The molecule has 4 rings (SSSR count). The minimum absolute atomic E-state index is 0.0516.